The molecule has 1 atom stereocenters. The van der Waals surface area contributed by atoms with Gasteiger partial charge in [0, 0.05) is 37.5 Å². The molecular formula is C23H24F4N6S. The van der Waals surface area contributed by atoms with Crippen LogP contribution in [0.2, 0.25) is 0 Å². The second kappa shape index (κ2) is 11.3. The number of halogens is 4. The molecule has 34 heavy (non-hydrogen) atoms. The first-order valence-electron chi connectivity index (χ1n) is 10.4. The number of piperidine rings is 1. The summed E-state index contributed by atoms with van der Waals surface area (Å²) in [5.41, 5.74) is 0.592. The maximum absolute atomic E-state index is 13.8. The minimum Gasteiger partial charge on any atom is -0.351 e. The van der Waals surface area contributed by atoms with E-state index in [0.29, 0.717) is 42.9 Å². The van der Waals surface area contributed by atoms with Crippen LogP contribution >= 0.6 is 11.5 Å². The molecule has 0 saturated carbocycles. The maximum Gasteiger partial charge on any atom is 0.419 e. The molecule has 0 amide bonds. The SMILES string of the molecule is C#C/C(=C\Nc1cc(C)ns1)CNCN=C1C(c2ccc(F)c(C(F)(F)F)c2)CCCN1N=C. The normalized spacial score (nSPS) is 18.1. The third kappa shape index (κ3) is 6.42. The first kappa shape index (κ1) is 25.4. The smallest absolute Gasteiger partial charge is 0.351 e. The molecular weight excluding hydrogens is 468 g/mol. The fourth-order valence-electron chi connectivity index (χ4n) is 3.56. The quantitative estimate of drug-likeness (QED) is 0.236. The topological polar surface area (TPSA) is 64.9 Å². The lowest BCUT2D eigenvalue weighted by atomic mass is 9.89. The van der Waals surface area contributed by atoms with Gasteiger partial charge >= 0.3 is 6.18 Å². The van der Waals surface area contributed by atoms with Gasteiger partial charge in [0.25, 0.3) is 0 Å². The zero-order chi connectivity index (χ0) is 24.7. The Morgan fingerprint density at radius 2 is 2.21 bits per heavy atom. The van der Waals surface area contributed by atoms with Crippen LogP contribution in [-0.2, 0) is 6.18 Å². The number of nitrogens with zero attached hydrogens (tertiary/aromatic N) is 4. The zero-order valence-corrected chi connectivity index (χ0v) is 19.3. The van der Waals surface area contributed by atoms with E-state index in [9.17, 15) is 17.6 Å². The highest BCUT2D eigenvalue weighted by molar-refractivity contribution is 7.10. The number of anilines is 1. The van der Waals surface area contributed by atoms with Crippen LogP contribution in [-0.4, -0.2) is 41.7 Å². The third-order valence-electron chi connectivity index (χ3n) is 5.18. The third-order valence-corrected chi connectivity index (χ3v) is 5.99. The predicted octanol–water partition coefficient (Wildman–Crippen LogP) is 4.98. The summed E-state index contributed by atoms with van der Waals surface area (Å²) in [5.74, 6) is 1.28. The molecule has 1 aliphatic heterocycles. The van der Waals surface area contributed by atoms with Crippen molar-refractivity contribution >= 4 is 29.1 Å². The van der Waals surface area contributed by atoms with E-state index in [1.165, 1.54) is 17.6 Å². The van der Waals surface area contributed by atoms with Gasteiger partial charge in [-0.2, -0.15) is 22.6 Å². The zero-order valence-electron chi connectivity index (χ0n) is 18.5. The molecule has 1 unspecified atom stereocenters. The molecule has 2 heterocycles. The second-order valence-electron chi connectivity index (χ2n) is 7.59. The Morgan fingerprint density at radius 3 is 2.85 bits per heavy atom. The number of nitrogens with one attached hydrogen (secondary N) is 2. The number of rotatable bonds is 8. The number of terminal acetylenes is 1. The van der Waals surface area contributed by atoms with E-state index in [-0.39, 0.29) is 6.67 Å². The number of aromatic nitrogens is 1. The lowest BCUT2D eigenvalue weighted by Gasteiger charge is -2.32. The molecule has 1 aliphatic rings. The summed E-state index contributed by atoms with van der Waals surface area (Å²) in [6.45, 7) is 6.48. The average Bonchev–Trinajstić information content (AvgIpc) is 3.23. The highest BCUT2D eigenvalue weighted by Crippen LogP contribution is 2.36. The van der Waals surface area contributed by atoms with Gasteiger partial charge in [0.15, 0.2) is 0 Å². The fraction of sp³-hybridized carbons (Fsp3) is 0.348. The number of amidine groups is 1. The number of aliphatic imine (C=N–C) groups is 1. The van der Waals surface area contributed by atoms with Gasteiger partial charge in [-0.1, -0.05) is 12.0 Å². The number of hydrogen-bond donors (Lipinski definition) is 2. The van der Waals surface area contributed by atoms with Gasteiger partial charge in [-0.15, -0.1) is 6.42 Å². The number of benzene rings is 1. The minimum absolute atomic E-state index is 0.157. The summed E-state index contributed by atoms with van der Waals surface area (Å²) in [4.78, 5) is 4.53. The fourth-order valence-corrected chi connectivity index (χ4v) is 4.19. The van der Waals surface area contributed by atoms with Crippen LogP contribution in [0.25, 0.3) is 0 Å². The molecule has 3 rings (SSSR count). The molecule has 1 aromatic heterocycles. The summed E-state index contributed by atoms with van der Waals surface area (Å²) in [6.07, 6.45) is 3.72. The van der Waals surface area contributed by atoms with E-state index < -0.39 is 23.5 Å². The summed E-state index contributed by atoms with van der Waals surface area (Å²) in [7, 11) is 0. The van der Waals surface area contributed by atoms with Gasteiger partial charge in [-0.05, 0) is 55.1 Å². The molecule has 1 aromatic carbocycles. The molecule has 180 valence electrons. The molecule has 6 nitrogen and oxygen atoms in total. The summed E-state index contributed by atoms with van der Waals surface area (Å²) < 4.78 is 57.6. The van der Waals surface area contributed by atoms with Crippen molar-refractivity contribution in [3.8, 4) is 12.3 Å². The van der Waals surface area contributed by atoms with E-state index in [1.54, 1.807) is 11.2 Å². The molecule has 1 fully saturated rings. The maximum atomic E-state index is 13.8. The predicted molar refractivity (Wildman–Crippen MR) is 127 cm³/mol. The molecule has 2 N–H and O–H groups in total. The van der Waals surface area contributed by atoms with Crippen LogP contribution in [0.3, 0.4) is 0 Å². The summed E-state index contributed by atoms with van der Waals surface area (Å²) >= 11 is 1.32. The molecule has 0 bridgehead atoms. The van der Waals surface area contributed by atoms with Gasteiger partial charge in [-0.25, -0.2) is 4.39 Å². The van der Waals surface area contributed by atoms with E-state index >= 15 is 0 Å². The first-order chi connectivity index (χ1) is 16.2. The monoisotopic (exact) mass is 492 g/mol. The second-order valence-corrected chi connectivity index (χ2v) is 8.39. The van der Waals surface area contributed by atoms with Crippen molar-refractivity contribution in [3.63, 3.8) is 0 Å². The van der Waals surface area contributed by atoms with Crippen molar-refractivity contribution in [3.05, 3.63) is 58.7 Å². The summed E-state index contributed by atoms with van der Waals surface area (Å²) in [6, 6.07) is 4.95. The highest BCUT2D eigenvalue weighted by Gasteiger charge is 2.36. The van der Waals surface area contributed by atoms with Crippen LogP contribution in [0.5, 0.6) is 0 Å². The number of hydrogen-bond acceptors (Lipinski definition) is 6. The standard InChI is InChI=1S/C23H24F4N6S/c1-4-16(13-30-21-10-15(2)32-34-21)12-29-14-31-22-18(6-5-9-33(22)28-3)17-7-8-20(24)19(11-17)23(25,26)27/h1,7-8,10-11,13,18,29-30H,3,5-6,9,12,14H2,2H3/b16-13+,31-22?. The van der Waals surface area contributed by atoms with Gasteiger partial charge in [-0.3, -0.25) is 15.3 Å². The number of hydrazone groups is 1. The van der Waals surface area contributed by atoms with Crippen molar-refractivity contribution in [2.24, 2.45) is 10.1 Å². The first-order valence-corrected chi connectivity index (χ1v) is 11.2. The Kier molecular flexibility index (Phi) is 8.41. The number of alkyl halides is 3. The Labute approximate surface area is 199 Å². The molecule has 1 saturated heterocycles. The van der Waals surface area contributed by atoms with Crippen molar-refractivity contribution < 1.29 is 17.6 Å². The van der Waals surface area contributed by atoms with E-state index in [2.05, 4.69) is 37.7 Å². The van der Waals surface area contributed by atoms with Crippen LogP contribution in [0.15, 0.2) is 46.1 Å². The minimum atomic E-state index is -4.78. The molecule has 0 radical (unpaired) electrons. The van der Waals surface area contributed by atoms with Crippen LogP contribution in [0, 0.1) is 25.1 Å². The van der Waals surface area contributed by atoms with Gasteiger partial charge in [0.05, 0.1) is 17.9 Å². The highest BCUT2D eigenvalue weighted by atomic mass is 32.1. The molecule has 11 heteroatoms. The molecule has 2 aromatic rings. The van der Waals surface area contributed by atoms with Crippen molar-refractivity contribution in [2.45, 2.75) is 31.9 Å². The summed E-state index contributed by atoms with van der Waals surface area (Å²) in [5, 5.41) is 12.6. The van der Waals surface area contributed by atoms with Crippen LogP contribution < -0.4 is 10.6 Å². The number of aryl methyl sites for hydroxylation is 1. The van der Waals surface area contributed by atoms with Crippen LogP contribution in [0.4, 0.5) is 22.6 Å². The average molecular weight is 493 g/mol. The Morgan fingerprint density at radius 1 is 1.41 bits per heavy atom. The Bertz CT molecular complexity index is 1120. The lowest BCUT2D eigenvalue weighted by Crippen LogP contribution is -2.37. The molecule has 0 aliphatic carbocycles. The van der Waals surface area contributed by atoms with E-state index in [1.807, 2.05) is 13.0 Å². The van der Waals surface area contributed by atoms with Crippen molar-refractivity contribution in [1.82, 2.24) is 14.7 Å². The van der Waals surface area contributed by atoms with Crippen LogP contribution in [0.1, 0.15) is 35.6 Å². The van der Waals surface area contributed by atoms with E-state index in [0.717, 1.165) is 22.8 Å². The van der Waals surface area contributed by atoms with Gasteiger partial charge in [0.1, 0.15) is 16.7 Å². The largest absolute Gasteiger partial charge is 0.419 e. The van der Waals surface area contributed by atoms with E-state index in [4.69, 9.17) is 6.42 Å². The Hall–Kier alpha value is -3.23. The van der Waals surface area contributed by atoms with Gasteiger partial charge < -0.3 is 5.32 Å². The Balaban J connectivity index is 1.72. The van der Waals surface area contributed by atoms with Crippen molar-refractivity contribution in [1.29, 1.82) is 0 Å². The van der Waals surface area contributed by atoms with Crippen molar-refractivity contribution in [2.75, 3.05) is 25.1 Å². The van der Waals surface area contributed by atoms with Gasteiger partial charge in [0.2, 0.25) is 0 Å². The molecule has 0 spiro atoms. The lowest BCUT2D eigenvalue weighted by molar-refractivity contribution is -0.140.